The van der Waals surface area contributed by atoms with Crippen molar-refractivity contribution >= 4 is 28.6 Å². The summed E-state index contributed by atoms with van der Waals surface area (Å²) in [5, 5.41) is 8.68. The first-order valence-electron chi connectivity index (χ1n) is 14.1. The van der Waals surface area contributed by atoms with Crippen LogP contribution >= 0.6 is 11.6 Å². The molecule has 0 amide bonds. The zero-order chi connectivity index (χ0) is 27.6. The average molecular weight is 564 g/mol. The Hall–Kier alpha value is -3.34. The van der Waals surface area contributed by atoms with Crippen LogP contribution in [0.2, 0.25) is 5.02 Å². The van der Waals surface area contributed by atoms with Crippen molar-refractivity contribution in [3.05, 3.63) is 51.7 Å². The Bertz CT molecular complexity index is 1560. The number of aromatic nitrogens is 5. The third-order valence-corrected chi connectivity index (χ3v) is 8.33. The maximum Gasteiger partial charge on any atom is 0.260 e. The van der Waals surface area contributed by atoms with Crippen molar-refractivity contribution in [3.63, 3.8) is 0 Å². The lowest BCUT2D eigenvalue weighted by atomic mass is 9.96. The van der Waals surface area contributed by atoms with Crippen LogP contribution in [0.25, 0.3) is 33.5 Å². The molecule has 5 heterocycles. The number of ether oxygens (including phenoxy) is 1. The first-order chi connectivity index (χ1) is 19.5. The number of aryl methyl sites for hydroxylation is 1. The van der Waals surface area contributed by atoms with Crippen molar-refractivity contribution in [1.82, 2.24) is 29.6 Å². The van der Waals surface area contributed by atoms with Crippen LogP contribution in [0.5, 0.6) is 0 Å². The van der Waals surface area contributed by atoms with Crippen LogP contribution in [0.3, 0.4) is 0 Å². The normalized spacial score (nSPS) is 17.5. The van der Waals surface area contributed by atoms with Crippen LogP contribution in [0.1, 0.15) is 38.5 Å². The number of pyridine rings is 1. The number of benzene rings is 1. The van der Waals surface area contributed by atoms with Gasteiger partial charge in [-0.15, -0.1) is 0 Å². The molecule has 0 spiro atoms. The van der Waals surface area contributed by atoms with Gasteiger partial charge in [0.15, 0.2) is 0 Å². The largest absolute Gasteiger partial charge is 0.381 e. The summed E-state index contributed by atoms with van der Waals surface area (Å²) < 4.78 is 12.4. The smallest absolute Gasteiger partial charge is 0.260 e. The van der Waals surface area contributed by atoms with Gasteiger partial charge in [-0.3, -0.25) is 9.36 Å². The molecule has 2 fully saturated rings. The lowest BCUT2D eigenvalue weighted by Gasteiger charge is -2.31. The van der Waals surface area contributed by atoms with Crippen molar-refractivity contribution in [3.8, 4) is 22.5 Å². The molecule has 0 radical (unpaired) electrons. The van der Waals surface area contributed by atoms with Gasteiger partial charge in [-0.25, -0.2) is 4.98 Å². The SMILES string of the molecule is CCN1CCC(Cn2c(=O)c(-c3ccc(-c4noc(C)n4)cc3Cl)cc3cnc(NC4CCOCC4)nc32)CC1. The Labute approximate surface area is 237 Å². The van der Waals surface area contributed by atoms with Gasteiger partial charge in [0.1, 0.15) is 5.65 Å². The fourth-order valence-corrected chi connectivity index (χ4v) is 5.93. The van der Waals surface area contributed by atoms with Crippen LogP contribution in [0.4, 0.5) is 5.95 Å². The van der Waals surface area contributed by atoms with Gasteiger partial charge in [-0.2, -0.15) is 9.97 Å². The molecular formula is C29H34ClN7O3. The first kappa shape index (κ1) is 26.9. The molecule has 11 heteroatoms. The van der Waals surface area contributed by atoms with E-state index < -0.39 is 0 Å². The molecule has 210 valence electrons. The molecule has 0 saturated carbocycles. The highest BCUT2D eigenvalue weighted by atomic mass is 35.5. The Morgan fingerprint density at radius 1 is 1.07 bits per heavy atom. The Balaban J connectivity index is 1.39. The molecule has 40 heavy (non-hydrogen) atoms. The molecule has 2 saturated heterocycles. The number of nitrogens with zero attached hydrogens (tertiary/aromatic N) is 6. The number of hydrogen-bond donors (Lipinski definition) is 1. The van der Waals surface area contributed by atoms with Gasteiger partial charge in [0.05, 0.1) is 0 Å². The van der Waals surface area contributed by atoms with Gasteiger partial charge < -0.3 is 19.5 Å². The minimum atomic E-state index is -0.105. The number of halogens is 1. The van der Waals surface area contributed by atoms with E-state index in [9.17, 15) is 4.79 Å². The Morgan fingerprint density at radius 3 is 2.58 bits per heavy atom. The van der Waals surface area contributed by atoms with E-state index in [0.717, 1.165) is 69.5 Å². The monoisotopic (exact) mass is 563 g/mol. The molecule has 1 aromatic carbocycles. The van der Waals surface area contributed by atoms with E-state index in [1.807, 2.05) is 22.8 Å². The lowest BCUT2D eigenvalue weighted by Crippen LogP contribution is -2.36. The van der Waals surface area contributed by atoms with Gasteiger partial charge in [-0.05, 0) is 63.4 Å². The minimum Gasteiger partial charge on any atom is -0.381 e. The zero-order valence-corrected chi connectivity index (χ0v) is 23.7. The highest BCUT2D eigenvalue weighted by molar-refractivity contribution is 6.33. The van der Waals surface area contributed by atoms with Gasteiger partial charge >= 0.3 is 0 Å². The van der Waals surface area contributed by atoms with Gasteiger partial charge in [0.2, 0.25) is 17.7 Å². The highest BCUT2D eigenvalue weighted by Crippen LogP contribution is 2.32. The van der Waals surface area contributed by atoms with Gasteiger partial charge in [0, 0.05) is 66.0 Å². The molecule has 0 atom stereocenters. The summed E-state index contributed by atoms with van der Waals surface area (Å²) in [5.41, 5.74) is 2.43. The van der Waals surface area contributed by atoms with E-state index >= 15 is 0 Å². The molecule has 4 aromatic rings. The first-order valence-corrected chi connectivity index (χ1v) is 14.4. The van der Waals surface area contributed by atoms with Crippen LogP contribution < -0.4 is 10.9 Å². The second kappa shape index (κ2) is 11.6. The number of hydrogen-bond acceptors (Lipinski definition) is 9. The van der Waals surface area contributed by atoms with Gasteiger partial charge in [0.25, 0.3) is 5.56 Å². The van der Waals surface area contributed by atoms with Crippen molar-refractivity contribution < 1.29 is 9.26 Å². The minimum absolute atomic E-state index is 0.105. The number of likely N-dealkylation sites (tertiary alicyclic amines) is 1. The maximum absolute atomic E-state index is 14.1. The van der Waals surface area contributed by atoms with Crippen LogP contribution in [-0.4, -0.2) is 68.5 Å². The molecule has 2 aliphatic rings. The van der Waals surface area contributed by atoms with E-state index in [4.69, 9.17) is 25.8 Å². The molecule has 2 aliphatic heterocycles. The quantitative estimate of drug-likeness (QED) is 0.339. The summed E-state index contributed by atoms with van der Waals surface area (Å²) in [5.74, 6) is 1.86. The predicted molar refractivity (Wildman–Crippen MR) is 155 cm³/mol. The summed E-state index contributed by atoms with van der Waals surface area (Å²) in [6.07, 6.45) is 5.70. The second-order valence-corrected chi connectivity index (χ2v) is 11.1. The topological polar surface area (TPSA) is 111 Å². The molecule has 0 bridgehead atoms. The van der Waals surface area contributed by atoms with E-state index in [1.54, 1.807) is 19.2 Å². The highest BCUT2D eigenvalue weighted by Gasteiger charge is 2.23. The fourth-order valence-electron chi connectivity index (χ4n) is 5.65. The molecule has 6 rings (SSSR count). The number of fused-ring (bicyclic) bond motifs is 1. The Kier molecular flexibility index (Phi) is 7.82. The average Bonchev–Trinajstić information content (AvgIpc) is 3.42. The number of piperidine rings is 1. The third kappa shape index (κ3) is 5.61. The van der Waals surface area contributed by atoms with Crippen molar-refractivity contribution in [2.45, 2.75) is 52.1 Å². The van der Waals surface area contributed by atoms with Crippen molar-refractivity contribution in [2.75, 3.05) is 38.2 Å². The lowest BCUT2D eigenvalue weighted by molar-refractivity contribution is 0.0903. The number of rotatable bonds is 7. The molecule has 3 aromatic heterocycles. The van der Waals surface area contributed by atoms with Gasteiger partial charge in [-0.1, -0.05) is 35.8 Å². The third-order valence-electron chi connectivity index (χ3n) is 8.02. The number of anilines is 1. The maximum atomic E-state index is 14.1. The summed E-state index contributed by atoms with van der Waals surface area (Å²) in [4.78, 5) is 30.4. The fraction of sp³-hybridized carbons (Fsp3) is 0.483. The summed E-state index contributed by atoms with van der Waals surface area (Å²) in [7, 11) is 0. The van der Waals surface area contributed by atoms with E-state index in [1.165, 1.54) is 0 Å². The zero-order valence-electron chi connectivity index (χ0n) is 22.9. The van der Waals surface area contributed by atoms with Crippen LogP contribution in [-0.2, 0) is 11.3 Å². The van der Waals surface area contributed by atoms with Crippen molar-refractivity contribution in [2.24, 2.45) is 5.92 Å². The molecule has 1 N–H and O–H groups in total. The van der Waals surface area contributed by atoms with E-state index in [-0.39, 0.29) is 11.6 Å². The predicted octanol–water partition coefficient (Wildman–Crippen LogP) is 4.79. The second-order valence-electron chi connectivity index (χ2n) is 10.7. The molecule has 0 aliphatic carbocycles. The van der Waals surface area contributed by atoms with E-state index in [0.29, 0.717) is 51.9 Å². The Morgan fingerprint density at radius 2 is 1.88 bits per heavy atom. The molecular weight excluding hydrogens is 530 g/mol. The molecule has 0 unspecified atom stereocenters. The summed E-state index contributed by atoms with van der Waals surface area (Å²) in [6.45, 7) is 9.13. The number of nitrogens with one attached hydrogen (secondary N) is 1. The summed E-state index contributed by atoms with van der Waals surface area (Å²) in [6, 6.07) is 7.58. The van der Waals surface area contributed by atoms with Crippen LogP contribution in [0, 0.1) is 12.8 Å². The van der Waals surface area contributed by atoms with Crippen molar-refractivity contribution in [1.29, 1.82) is 0 Å². The van der Waals surface area contributed by atoms with E-state index in [2.05, 4.69) is 32.3 Å². The molecule has 10 nitrogen and oxygen atoms in total. The van der Waals surface area contributed by atoms with Crippen LogP contribution in [0.15, 0.2) is 39.8 Å². The standard InChI is InChI=1S/C29H34ClN7O3/c1-3-36-10-6-19(7-11-36)17-37-27-21(16-31-29(34-27)33-22-8-12-39-13-9-22)14-24(28(37)38)23-5-4-20(15-25(23)30)26-32-18(2)40-35-26/h4-5,14-16,19,22H,3,6-13,17H2,1-2H3,(H,31,33,34). The summed E-state index contributed by atoms with van der Waals surface area (Å²) >= 11 is 6.76.